The average molecular weight is 239 g/mol. The van der Waals surface area contributed by atoms with Crippen molar-refractivity contribution in [2.45, 2.75) is 6.92 Å². The van der Waals surface area contributed by atoms with Crippen molar-refractivity contribution >= 4 is 29.4 Å². The predicted molar refractivity (Wildman–Crippen MR) is 62.1 cm³/mol. The van der Waals surface area contributed by atoms with Crippen LogP contribution in [0.1, 0.15) is 12.5 Å². The summed E-state index contributed by atoms with van der Waals surface area (Å²) in [6.45, 7) is 1.84. The zero-order valence-electron chi connectivity index (χ0n) is 8.77. The summed E-state index contributed by atoms with van der Waals surface area (Å²) in [6, 6.07) is 6.90. The highest BCUT2D eigenvalue weighted by molar-refractivity contribution is 6.39. The topological polar surface area (TPSA) is 43.4 Å². The highest BCUT2D eigenvalue weighted by atomic mass is 35.5. The molecule has 0 aliphatic rings. The van der Waals surface area contributed by atoms with Crippen molar-refractivity contribution in [2.75, 3.05) is 6.61 Å². The molecule has 0 bridgehead atoms. The first-order chi connectivity index (χ1) is 7.63. The molecule has 0 radical (unpaired) electrons. The largest absolute Gasteiger partial charge is 0.460 e. The van der Waals surface area contributed by atoms with Gasteiger partial charge in [-0.1, -0.05) is 29.8 Å². The normalized spacial score (nSPS) is 10.4. The minimum Gasteiger partial charge on any atom is -0.460 e. The van der Waals surface area contributed by atoms with Crippen molar-refractivity contribution < 1.29 is 14.3 Å². The van der Waals surface area contributed by atoms with Crippen LogP contribution in [0.3, 0.4) is 0 Å². The zero-order chi connectivity index (χ0) is 12.0. The molecule has 0 spiro atoms. The van der Waals surface area contributed by atoms with Crippen LogP contribution in [0.2, 0.25) is 5.02 Å². The van der Waals surface area contributed by atoms with E-state index in [4.69, 9.17) is 11.6 Å². The molecule has 1 aromatic rings. The highest BCUT2D eigenvalue weighted by Crippen LogP contribution is 2.10. The molecule has 0 aromatic heterocycles. The van der Waals surface area contributed by atoms with Crippen LogP contribution in [0.5, 0.6) is 0 Å². The van der Waals surface area contributed by atoms with E-state index in [1.807, 2.05) is 0 Å². The van der Waals surface area contributed by atoms with Crippen molar-refractivity contribution in [1.29, 1.82) is 0 Å². The Morgan fingerprint density at radius 3 is 2.50 bits per heavy atom. The molecule has 0 saturated carbocycles. The Hall–Kier alpha value is -1.61. The van der Waals surface area contributed by atoms with E-state index in [0.717, 1.165) is 5.56 Å². The van der Waals surface area contributed by atoms with Crippen LogP contribution < -0.4 is 0 Å². The first kappa shape index (κ1) is 12.5. The van der Waals surface area contributed by atoms with Crippen molar-refractivity contribution in [3.05, 3.63) is 40.9 Å². The third-order valence-corrected chi connectivity index (χ3v) is 2.03. The van der Waals surface area contributed by atoms with E-state index >= 15 is 0 Å². The maximum absolute atomic E-state index is 11.2. The first-order valence-electron chi connectivity index (χ1n) is 4.78. The van der Waals surface area contributed by atoms with Crippen LogP contribution in [0.15, 0.2) is 30.3 Å². The minimum atomic E-state index is -0.840. The molecule has 0 aliphatic heterocycles. The van der Waals surface area contributed by atoms with E-state index in [0.29, 0.717) is 5.02 Å². The number of ketones is 1. The van der Waals surface area contributed by atoms with E-state index in [2.05, 4.69) is 4.74 Å². The Balaban J connectivity index is 2.63. The van der Waals surface area contributed by atoms with Crippen molar-refractivity contribution in [3.8, 4) is 0 Å². The van der Waals surface area contributed by atoms with Gasteiger partial charge < -0.3 is 4.74 Å². The Bertz CT molecular complexity index is 407. The van der Waals surface area contributed by atoms with Crippen molar-refractivity contribution in [2.24, 2.45) is 0 Å². The molecule has 4 heteroatoms. The number of carbonyl (C=O) groups is 2. The molecule has 0 saturated heterocycles. The highest BCUT2D eigenvalue weighted by Gasteiger charge is 2.09. The first-order valence-corrected chi connectivity index (χ1v) is 5.16. The molecule has 16 heavy (non-hydrogen) atoms. The van der Waals surface area contributed by atoms with Gasteiger partial charge in [-0.15, -0.1) is 0 Å². The third kappa shape index (κ3) is 3.87. The molecular formula is C12H11ClO3. The molecule has 1 aromatic carbocycles. The Labute approximate surface area is 98.7 Å². The summed E-state index contributed by atoms with van der Waals surface area (Å²) < 4.78 is 4.55. The van der Waals surface area contributed by atoms with Gasteiger partial charge in [-0.25, -0.2) is 4.79 Å². The van der Waals surface area contributed by atoms with Gasteiger partial charge in [0.25, 0.3) is 5.78 Å². The Morgan fingerprint density at radius 2 is 1.94 bits per heavy atom. The van der Waals surface area contributed by atoms with Gasteiger partial charge in [0.05, 0.1) is 6.61 Å². The fourth-order valence-corrected chi connectivity index (χ4v) is 1.14. The summed E-state index contributed by atoms with van der Waals surface area (Å²) in [5.41, 5.74) is 0.794. The molecule has 0 atom stereocenters. The van der Waals surface area contributed by atoms with Crippen molar-refractivity contribution in [3.63, 3.8) is 0 Å². The van der Waals surface area contributed by atoms with E-state index in [-0.39, 0.29) is 6.61 Å². The molecule has 0 fully saturated rings. The molecule has 0 N–H and O–H groups in total. The minimum absolute atomic E-state index is 0.194. The molecule has 1 rings (SSSR count). The molecule has 0 amide bonds. The second-order valence-corrected chi connectivity index (χ2v) is 3.41. The second kappa shape index (κ2) is 6.08. The van der Waals surface area contributed by atoms with E-state index in [1.54, 1.807) is 31.2 Å². The van der Waals surface area contributed by atoms with Gasteiger partial charge in [0.2, 0.25) is 0 Å². The van der Waals surface area contributed by atoms with Gasteiger partial charge in [-0.2, -0.15) is 0 Å². The second-order valence-electron chi connectivity index (χ2n) is 2.97. The number of hydrogen-bond acceptors (Lipinski definition) is 3. The molecule has 0 heterocycles. The Morgan fingerprint density at radius 1 is 1.31 bits per heavy atom. The quantitative estimate of drug-likeness (QED) is 0.460. The monoisotopic (exact) mass is 238 g/mol. The number of ether oxygens (including phenoxy) is 1. The summed E-state index contributed by atoms with van der Waals surface area (Å²) in [4.78, 5) is 22.2. The number of halogens is 1. The maximum atomic E-state index is 11.2. The summed E-state index contributed by atoms with van der Waals surface area (Å²) >= 11 is 5.70. The molecular weight excluding hydrogens is 228 g/mol. The molecule has 0 unspecified atom stereocenters. The summed E-state index contributed by atoms with van der Waals surface area (Å²) in [5, 5.41) is 0.619. The SMILES string of the molecule is CCOC(=O)C(=O)/C=C\c1ccc(Cl)cc1. The number of hydrogen-bond donors (Lipinski definition) is 0. The van der Waals surface area contributed by atoms with E-state index < -0.39 is 11.8 Å². The smallest absolute Gasteiger partial charge is 0.379 e. The van der Waals surface area contributed by atoms with Gasteiger partial charge in [0.1, 0.15) is 0 Å². The predicted octanol–water partition coefficient (Wildman–Crippen LogP) is 2.49. The lowest BCUT2D eigenvalue weighted by Gasteiger charge is -1.96. The zero-order valence-corrected chi connectivity index (χ0v) is 9.53. The number of esters is 1. The summed E-state index contributed by atoms with van der Waals surface area (Å²) in [5.74, 6) is -1.51. The lowest BCUT2D eigenvalue weighted by molar-refractivity contribution is -0.151. The van der Waals surface area contributed by atoms with Gasteiger partial charge in [0, 0.05) is 5.02 Å². The average Bonchev–Trinajstić information content (AvgIpc) is 2.28. The number of rotatable bonds is 4. The van der Waals surface area contributed by atoms with Crippen LogP contribution in [-0.2, 0) is 14.3 Å². The standard InChI is InChI=1S/C12H11ClO3/c1-2-16-12(15)11(14)8-5-9-3-6-10(13)7-4-9/h3-8H,2H2,1H3/b8-5-. The van der Waals surface area contributed by atoms with Crippen molar-refractivity contribution in [1.82, 2.24) is 0 Å². The summed E-state index contributed by atoms with van der Waals surface area (Å²) in [6.07, 6.45) is 2.72. The van der Waals surface area contributed by atoms with Crippen LogP contribution in [-0.4, -0.2) is 18.4 Å². The number of benzene rings is 1. The van der Waals surface area contributed by atoms with Crippen LogP contribution in [0, 0.1) is 0 Å². The third-order valence-electron chi connectivity index (χ3n) is 1.77. The number of carbonyl (C=O) groups excluding carboxylic acids is 2. The lowest BCUT2D eigenvalue weighted by Crippen LogP contribution is -2.14. The van der Waals surface area contributed by atoms with Gasteiger partial charge >= 0.3 is 5.97 Å². The summed E-state index contributed by atoms with van der Waals surface area (Å²) in [7, 11) is 0. The van der Waals surface area contributed by atoms with Gasteiger partial charge in [0.15, 0.2) is 0 Å². The fraction of sp³-hybridized carbons (Fsp3) is 0.167. The molecule has 0 aliphatic carbocycles. The van der Waals surface area contributed by atoms with Gasteiger partial charge in [-0.05, 0) is 30.7 Å². The van der Waals surface area contributed by atoms with Crippen LogP contribution in [0.25, 0.3) is 6.08 Å². The molecule has 84 valence electrons. The lowest BCUT2D eigenvalue weighted by atomic mass is 10.2. The molecule has 3 nitrogen and oxygen atoms in total. The fourth-order valence-electron chi connectivity index (χ4n) is 1.02. The maximum Gasteiger partial charge on any atom is 0.379 e. The van der Waals surface area contributed by atoms with E-state index in [1.165, 1.54) is 12.2 Å². The van der Waals surface area contributed by atoms with Gasteiger partial charge in [-0.3, -0.25) is 4.79 Å². The van der Waals surface area contributed by atoms with E-state index in [9.17, 15) is 9.59 Å². The Kier molecular flexibility index (Phi) is 4.73. The van der Waals surface area contributed by atoms with Crippen LogP contribution in [0.4, 0.5) is 0 Å². The van der Waals surface area contributed by atoms with Crippen LogP contribution >= 0.6 is 11.6 Å².